The molecule has 0 aliphatic carbocycles. The number of hydrogen-bond donors (Lipinski definition) is 1. The molecule has 2 aromatic heterocycles. The van der Waals surface area contributed by atoms with Crippen molar-refractivity contribution in [1.29, 1.82) is 0 Å². The Labute approximate surface area is 94.4 Å². The van der Waals surface area contributed by atoms with E-state index >= 15 is 0 Å². The average molecular weight is 218 g/mol. The van der Waals surface area contributed by atoms with E-state index in [1.807, 2.05) is 13.8 Å². The number of pyridine rings is 2. The van der Waals surface area contributed by atoms with E-state index in [9.17, 15) is 0 Å². The van der Waals surface area contributed by atoms with Crippen molar-refractivity contribution >= 4 is 23.3 Å². The summed E-state index contributed by atoms with van der Waals surface area (Å²) in [4.78, 5) is 7.69. The monoisotopic (exact) mass is 218 g/mol. The highest BCUT2D eigenvalue weighted by molar-refractivity contribution is 7.71. The molecule has 2 nitrogen and oxygen atoms in total. The van der Waals surface area contributed by atoms with Crippen LogP contribution in [0.1, 0.15) is 22.4 Å². The number of rotatable bonds is 0. The van der Waals surface area contributed by atoms with Crippen molar-refractivity contribution in [2.24, 2.45) is 0 Å². The van der Waals surface area contributed by atoms with Gasteiger partial charge in [0.2, 0.25) is 0 Å². The highest BCUT2D eigenvalue weighted by Crippen LogP contribution is 2.21. The summed E-state index contributed by atoms with van der Waals surface area (Å²) in [5, 5.41) is 1.17. The van der Waals surface area contributed by atoms with Crippen LogP contribution >= 0.6 is 12.2 Å². The first-order chi connectivity index (χ1) is 7.00. The van der Waals surface area contributed by atoms with Crippen LogP contribution in [-0.2, 0) is 0 Å². The Kier molecular flexibility index (Phi) is 2.35. The SMILES string of the molecule is Cc1nc2[nH]c(=S)c(C)cc2c(C)c1C. The van der Waals surface area contributed by atoms with E-state index in [0.29, 0.717) is 0 Å². The van der Waals surface area contributed by atoms with Crippen LogP contribution in [0.15, 0.2) is 6.07 Å². The minimum Gasteiger partial charge on any atom is -0.331 e. The number of aromatic amines is 1. The molecule has 0 amide bonds. The lowest BCUT2D eigenvalue weighted by atomic mass is 10.0. The Morgan fingerprint density at radius 1 is 1.13 bits per heavy atom. The maximum Gasteiger partial charge on any atom is 0.138 e. The number of fused-ring (bicyclic) bond motifs is 1. The van der Waals surface area contributed by atoms with Gasteiger partial charge < -0.3 is 4.98 Å². The molecule has 0 aliphatic heterocycles. The molecule has 0 atom stereocenters. The molecule has 0 saturated heterocycles. The molecule has 2 heterocycles. The maximum atomic E-state index is 5.20. The van der Waals surface area contributed by atoms with Crippen LogP contribution in [0.4, 0.5) is 0 Å². The maximum absolute atomic E-state index is 5.20. The van der Waals surface area contributed by atoms with Crippen LogP contribution in [0, 0.1) is 32.3 Å². The van der Waals surface area contributed by atoms with E-state index < -0.39 is 0 Å². The summed E-state index contributed by atoms with van der Waals surface area (Å²) < 4.78 is 0.776. The van der Waals surface area contributed by atoms with Gasteiger partial charge in [-0.2, -0.15) is 0 Å². The molecular weight excluding hydrogens is 204 g/mol. The summed E-state index contributed by atoms with van der Waals surface area (Å²) in [6.07, 6.45) is 0. The highest BCUT2D eigenvalue weighted by atomic mass is 32.1. The van der Waals surface area contributed by atoms with Gasteiger partial charge >= 0.3 is 0 Å². The van der Waals surface area contributed by atoms with Crippen molar-refractivity contribution in [3.8, 4) is 0 Å². The fourth-order valence-electron chi connectivity index (χ4n) is 1.72. The predicted molar refractivity (Wildman–Crippen MR) is 65.9 cm³/mol. The van der Waals surface area contributed by atoms with Crippen molar-refractivity contribution in [2.45, 2.75) is 27.7 Å². The summed E-state index contributed by atoms with van der Waals surface area (Å²) >= 11 is 5.20. The minimum absolute atomic E-state index is 0.776. The number of H-pyrrole nitrogens is 1. The second-order valence-corrected chi connectivity index (χ2v) is 4.40. The molecule has 0 spiro atoms. The summed E-state index contributed by atoms with van der Waals surface area (Å²) in [7, 11) is 0. The van der Waals surface area contributed by atoms with Gasteiger partial charge in [0.25, 0.3) is 0 Å². The van der Waals surface area contributed by atoms with Crippen LogP contribution in [0.5, 0.6) is 0 Å². The van der Waals surface area contributed by atoms with E-state index in [2.05, 4.69) is 29.9 Å². The lowest BCUT2D eigenvalue weighted by molar-refractivity contribution is 1.12. The molecule has 0 unspecified atom stereocenters. The van der Waals surface area contributed by atoms with Gasteiger partial charge in [-0.1, -0.05) is 12.2 Å². The van der Waals surface area contributed by atoms with Crippen LogP contribution in [0.3, 0.4) is 0 Å². The Hall–Kier alpha value is -1.22. The first kappa shape index (κ1) is 10.3. The lowest BCUT2D eigenvalue weighted by Gasteiger charge is -2.09. The normalized spacial score (nSPS) is 10.9. The minimum atomic E-state index is 0.776. The Balaban J connectivity index is 2.99. The molecule has 15 heavy (non-hydrogen) atoms. The molecule has 0 saturated carbocycles. The zero-order valence-corrected chi connectivity index (χ0v) is 10.2. The van der Waals surface area contributed by atoms with E-state index in [4.69, 9.17) is 12.2 Å². The number of nitrogens with zero attached hydrogens (tertiary/aromatic N) is 1. The lowest BCUT2D eigenvalue weighted by Crippen LogP contribution is -1.96. The molecule has 0 aliphatic rings. The third-order valence-electron chi connectivity index (χ3n) is 2.99. The van der Waals surface area contributed by atoms with Crippen molar-refractivity contribution in [1.82, 2.24) is 9.97 Å². The largest absolute Gasteiger partial charge is 0.331 e. The number of aryl methyl sites for hydroxylation is 3. The number of hydrogen-bond acceptors (Lipinski definition) is 2. The van der Waals surface area contributed by atoms with Gasteiger partial charge in [0.15, 0.2) is 0 Å². The number of aromatic nitrogens is 2. The molecule has 2 aromatic rings. The number of nitrogens with one attached hydrogen (secondary N) is 1. The highest BCUT2D eigenvalue weighted by Gasteiger charge is 2.06. The molecule has 1 N–H and O–H groups in total. The predicted octanol–water partition coefficient (Wildman–Crippen LogP) is 3.53. The molecule has 0 radical (unpaired) electrons. The van der Waals surface area contributed by atoms with E-state index in [1.165, 1.54) is 16.5 Å². The van der Waals surface area contributed by atoms with Crippen LogP contribution in [0.2, 0.25) is 0 Å². The molecule has 0 bridgehead atoms. The third kappa shape index (κ3) is 1.57. The Morgan fingerprint density at radius 3 is 2.47 bits per heavy atom. The molecule has 3 heteroatoms. The molecular formula is C12H14N2S. The van der Waals surface area contributed by atoms with E-state index in [0.717, 1.165) is 21.5 Å². The fraction of sp³-hybridized carbons (Fsp3) is 0.333. The summed E-state index contributed by atoms with van der Waals surface area (Å²) in [6, 6.07) is 2.11. The van der Waals surface area contributed by atoms with Crippen molar-refractivity contribution in [2.75, 3.05) is 0 Å². The van der Waals surface area contributed by atoms with Gasteiger partial charge in [0.1, 0.15) is 10.3 Å². The van der Waals surface area contributed by atoms with Gasteiger partial charge in [-0.3, -0.25) is 0 Å². The molecule has 2 rings (SSSR count). The molecule has 0 fully saturated rings. The van der Waals surface area contributed by atoms with Gasteiger partial charge in [-0.15, -0.1) is 0 Å². The van der Waals surface area contributed by atoms with Crippen LogP contribution in [0.25, 0.3) is 11.0 Å². The summed E-state index contributed by atoms with van der Waals surface area (Å²) in [5.41, 5.74) is 5.60. The van der Waals surface area contributed by atoms with Crippen LogP contribution < -0.4 is 0 Å². The van der Waals surface area contributed by atoms with E-state index in [1.54, 1.807) is 0 Å². The first-order valence-corrected chi connectivity index (χ1v) is 5.39. The van der Waals surface area contributed by atoms with Gasteiger partial charge in [0.05, 0.1) is 0 Å². The second-order valence-electron chi connectivity index (χ2n) is 3.99. The first-order valence-electron chi connectivity index (χ1n) is 4.98. The van der Waals surface area contributed by atoms with Crippen LogP contribution in [-0.4, -0.2) is 9.97 Å². The van der Waals surface area contributed by atoms with Gasteiger partial charge in [-0.05, 0) is 50.5 Å². The standard InChI is InChI=1S/C12H14N2S/c1-6-5-10-8(3)7(2)9(4)13-11(10)14-12(6)15/h5H,1-4H3,(H,13,14,15). The molecule has 0 aromatic carbocycles. The Bertz CT molecular complexity index is 597. The zero-order chi connectivity index (χ0) is 11.2. The smallest absolute Gasteiger partial charge is 0.138 e. The average Bonchev–Trinajstić information content (AvgIpc) is 2.19. The zero-order valence-electron chi connectivity index (χ0n) is 9.43. The second kappa shape index (κ2) is 3.42. The fourth-order valence-corrected chi connectivity index (χ4v) is 1.88. The topological polar surface area (TPSA) is 28.7 Å². The van der Waals surface area contributed by atoms with Gasteiger partial charge in [0, 0.05) is 11.1 Å². The van der Waals surface area contributed by atoms with Crippen molar-refractivity contribution < 1.29 is 0 Å². The van der Waals surface area contributed by atoms with Gasteiger partial charge in [-0.25, -0.2) is 4.98 Å². The summed E-state index contributed by atoms with van der Waals surface area (Å²) in [6.45, 7) is 8.28. The molecule has 78 valence electrons. The van der Waals surface area contributed by atoms with Crippen molar-refractivity contribution in [3.63, 3.8) is 0 Å². The quantitative estimate of drug-likeness (QED) is 0.685. The van der Waals surface area contributed by atoms with Crippen molar-refractivity contribution in [3.05, 3.63) is 33.1 Å². The third-order valence-corrected chi connectivity index (χ3v) is 3.42. The van der Waals surface area contributed by atoms with E-state index in [-0.39, 0.29) is 0 Å². The summed E-state index contributed by atoms with van der Waals surface area (Å²) in [5.74, 6) is 0. The Morgan fingerprint density at radius 2 is 1.80 bits per heavy atom.